The van der Waals surface area contributed by atoms with Crippen molar-refractivity contribution in [3.05, 3.63) is 117 Å². The molecule has 4 aromatic rings. The standard InChI is InChI=1S/C32H37N3O4S/c1-20-15-25(31(37)34-23(4)30-21(2)12-14-40-30)18-26(16-20)32(38)35-27(17-24-9-6-5-7-10-24)28(36)19-33-22(3)29-11-8-13-39-29/h5-16,18,22-23,27-28,33,36H,17,19H2,1-4H3,(H,34,37)(H,35,38)/t22?,23?,27-,28+/m0/s1. The molecule has 40 heavy (non-hydrogen) atoms. The zero-order chi connectivity index (χ0) is 28.6. The van der Waals surface area contributed by atoms with Crippen LogP contribution in [0.2, 0.25) is 0 Å². The minimum absolute atomic E-state index is 0.101. The highest BCUT2D eigenvalue weighted by molar-refractivity contribution is 7.10. The Labute approximate surface area is 239 Å². The second kappa shape index (κ2) is 13.6. The number of hydrogen-bond acceptors (Lipinski definition) is 6. The maximum Gasteiger partial charge on any atom is 0.251 e. The van der Waals surface area contributed by atoms with E-state index in [9.17, 15) is 14.7 Å². The van der Waals surface area contributed by atoms with Crippen LogP contribution in [0, 0.1) is 13.8 Å². The summed E-state index contributed by atoms with van der Waals surface area (Å²) in [5.41, 5.74) is 3.71. The summed E-state index contributed by atoms with van der Waals surface area (Å²) in [4.78, 5) is 27.7. The molecule has 210 valence electrons. The van der Waals surface area contributed by atoms with Gasteiger partial charge >= 0.3 is 0 Å². The lowest BCUT2D eigenvalue weighted by Gasteiger charge is -2.26. The smallest absolute Gasteiger partial charge is 0.251 e. The Morgan fingerprint density at radius 3 is 2.23 bits per heavy atom. The topological polar surface area (TPSA) is 104 Å². The fourth-order valence-corrected chi connectivity index (χ4v) is 5.64. The van der Waals surface area contributed by atoms with Gasteiger partial charge in [0.2, 0.25) is 0 Å². The third kappa shape index (κ3) is 7.69. The van der Waals surface area contributed by atoms with E-state index in [4.69, 9.17) is 4.42 Å². The normalized spacial score (nSPS) is 14.2. The number of amides is 2. The van der Waals surface area contributed by atoms with Crippen LogP contribution in [0.1, 0.15) is 74.0 Å². The summed E-state index contributed by atoms with van der Waals surface area (Å²) in [6.07, 6.45) is 1.19. The Hall–Kier alpha value is -3.72. The van der Waals surface area contributed by atoms with Gasteiger partial charge < -0.3 is 25.5 Å². The zero-order valence-corrected chi connectivity index (χ0v) is 24.1. The first kappa shape index (κ1) is 29.3. The summed E-state index contributed by atoms with van der Waals surface area (Å²) in [6, 6.07) is 19.8. The highest BCUT2D eigenvalue weighted by Gasteiger charge is 2.24. The number of carbonyl (C=O) groups excluding carboxylic acids is 2. The van der Waals surface area contributed by atoms with Gasteiger partial charge in [-0.1, -0.05) is 30.3 Å². The van der Waals surface area contributed by atoms with E-state index >= 15 is 0 Å². The molecule has 0 fully saturated rings. The molecule has 0 saturated heterocycles. The summed E-state index contributed by atoms with van der Waals surface area (Å²) in [7, 11) is 0. The average molecular weight is 560 g/mol. The number of nitrogens with one attached hydrogen (secondary N) is 3. The second-order valence-corrected chi connectivity index (χ2v) is 11.2. The highest BCUT2D eigenvalue weighted by atomic mass is 32.1. The molecule has 8 heteroatoms. The molecule has 2 amide bonds. The number of thiophene rings is 1. The molecule has 0 aliphatic carbocycles. The fourth-order valence-electron chi connectivity index (χ4n) is 4.70. The van der Waals surface area contributed by atoms with Crippen LogP contribution in [-0.2, 0) is 6.42 Å². The van der Waals surface area contributed by atoms with Gasteiger partial charge in [-0.3, -0.25) is 9.59 Å². The Bertz CT molecular complexity index is 1400. The Balaban J connectivity index is 1.48. The van der Waals surface area contributed by atoms with Crippen molar-refractivity contribution < 1.29 is 19.1 Å². The maximum atomic E-state index is 13.5. The Kier molecular flexibility index (Phi) is 9.93. The molecule has 0 aliphatic rings. The molecular weight excluding hydrogens is 522 g/mol. The third-order valence-electron chi connectivity index (χ3n) is 6.93. The van der Waals surface area contributed by atoms with Crippen molar-refractivity contribution in [1.82, 2.24) is 16.0 Å². The molecule has 4 rings (SSSR count). The third-order valence-corrected chi connectivity index (χ3v) is 8.13. The van der Waals surface area contributed by atoms with Crippen LogP contribution in [0.3, 0.4) is 0 Å². The van der Waals surface area contributed by atoms with E-state index in [1.807, 2.05) is 81.6 Å². The molecule has 0 aliphatic heterocycles. The number of hydrogen-bond donors (Lipinski definition) is 4. The number of rotatable bonds is 12. The van der Waals surface area contributed by atoms with Crippen LogP contribution in [0.15, 0.2) is 82.8 Å². The minimum Gasteiger partial charge on any atom is -0.468 e. The number of furan rings is 1. The summed E-state index contributed by atoms with van der Waals surface area (Å²) in [5.74, 6) is 0.180. The molecule has 2 aromatic heterocycles. The SMILES string of the molecule is Cc1cc(C(=O)NC(C)c2sccc2C)cc(C(=O)N[C@@H](Cc2ccccc2)[C@H](O)CNC(C)c2ccco2)c1. The zero-order valence-electron chi connectivity index (χ0n) is 23.3. The van der Waals surface area contributed by atoms with E-state index in [0.29, 0.717) is 17.5 Å². The predicted molar refractivity (Wildman–Crippen MR) is 159 cm³/mol. The van der Waals surface area contributed by atoms with E-state index in [0.717, 1.165) is 27.3 Å². The van der Waals surface area contributed by atoms with Crippen LogP contribution in [-0.4, -0.2) is 35.6 Å². The molecule has 2 unspecified atom stereocenters. The van der Waals surface area contributed by atoms with Gasteiger partial charge in [-0.2, -0.15) is 0 Å². The van der Waals surface area contributed by atoms with Gasteiger partial charge in [0, 0.05) is 22.5 Å². The minimum atomic E-state index is -0.871. The molecule has 0 bridgehead atoms. The van der Waals surface area contributed by atoms with Crippen molar-refractivity contribution in [3.63, 3.8) is 0 Å². The quantitative estimate of drug-likeness (QED) is 0.184. The van der Waals surface area contributed by atoms with Crippen molar-refractivity contribution in [1.29, 1.82) is 0 Å². The fraction of sp³-hybridized carbons (Fsp3) is 0.312. The second-order valence-electron chi connectivity index (χ2n) is 10.2. The summed E-state index contributed by atoms with van der Waals surface area (Å²) in [6.45, 7) is 8.04. The lowest BCUT2D eigenvalue weighted by Crippen LogP contribution is -2.49. The maximum absolute atomic E-state index is 13.5. The summed E-state index contributed by atoms with van der Waals surface area (Å²) < 4.78 is 5.45. The van der Waals surface area contributed by atoms with Gasteiger partial charge in [-0.05, 0) is 92.6 Å². The Morgan fingerprint density at radius 2 is 1.60 bits per heavy atom. The van der Waals surface area contributed by atoms with Gasteiger partial charge in [0.05, 0.1) is 30.5 Å². The molecule has 0 saturated carbocycles. The van der Waals surface area contributed by atoms with E-state index in [1.54, 1.807) is 35.8 Å². The van der Waals surface area contributed by atoms with E-state index in [-0.39, 0.29) is 30.4 Å². The number of carbonyl (C=O) groups is 2. The molecule has 0 radical (unpaired) electrons. The first-order valence-corrected chi connectivity index (χ1v) is 14.4. The van der Waals surface area contributed by atoms with Crippen LogP contribution >= 0.6 is 11.3 Å². The lowest BCUT2D eigenvalue weighted by atomic mass is 9.99. The molecular formula is C32H37N3O4S. The summed E-state index contributed by atoms with van der Waals surface area (Å²) >= 11 is 1.61. The van der Waals surface area contributed by atoms with Gasteiger partial charge in [0.15, 0.2) is 0 Å². The molecule has 2 aromatic carbocycles. The number of aliphatic hydroxyl groups is 1. The number of benzene rings is 2. The van der Waals surface area contributed by atoms with Crippen LogP contribution in [0.4, 0.5) is 0 Å². The molecule has 4 atom stereocenters. The van der Waals surface area contributed by atoms with E-state index < -0.39 is 12.1 Å². The number of aliphatic hydroxyl groups excluding tert-OH is 1. The van der Waals surface area contributed by atoms with Crippen molar-refractivity contribution in [2.75, 3.05) is 6.54 Å². The van der Waals surface area contributed by atoms with E-state index in [1.165, 1.54) is 0 Å². The summed E-state index contributed by atoms with van der Waals surface area (Å²) in [5, 5.41) is 22.5. The van der Waals surface area contributed by atoms with Crippen molar-refractivity contribution in [2.24, 2.45) is 0 Å². The van der Waals surface area contributed by atoms with Gasteiger partial charge in [0.1, 0.15) is 5.76 Å². The van der Waals surface area contributed by atoms with Crippen LogP contribution in [0.25, 0.3) is 0 Å². The first-order chi connectivity index (χ1) is 19.2. The molecule has 2 heterocycles. The van der Waals surface area contributed by atoms with Crippen molar-refractivity contribution in [2.45, 2.75) is 58.3 Å². The van der Waals surface area contributed by atoms with E-state index in [2.05, 4.69) is 16.0 Å². The van der Waals surface area contributed by atoms with Crippen LogP contribution in [0.5, 0.6) is 0 Å². The largest absolute Gasteiger partial charge is 0.468 e. The van der Waals surface area contributed by atoms with Gasteiger partial charge in [-0.25, -0.2) is 0 Å². The molecule has 7 nitrogen and oxygen atoms in total. The monoisotopic (exact) mass is 559 g/mol. The highest BCUT2D eigenvalue weighted by Crippen LogP contribution is 2.24. The van der Waals surface area contributed by atoms with Gasteiger partial charge in [-0.15, -0.1) is 11.3 Å². The molecule has 0 spiro atoms. The van der Waals surface area contributed by atoms with Crippen molar-refractivity contribution >= 4 is 23.2 Å². The molecule has 4 N–H and O–H groups in total. The lowest BCUT2D eigenvalue weighted by molar-refractivity contribution is 0.0824. The van der Waals surface area contributed by atoms with Crippen LogP contribution < -0.4 is 16.0 Å². The number of aryl methyl sites for hydroxylation is 2. The predicted octanol–water partition coefficient (Wildman–Crippen LogP) is 5.50. The average Bonchev–Trinajstić information content (AvgIpc) is 3.63. The van der Waals surface area contributed by atoms with Gasteiger partial charge in [0.25, 0.3) is 11.8 Å². The van der Waals surface area contributed by atoms with Crippen molar-refractivity contribution in [3.8, 4) is 0 Å². The Morgan fingerprint density at radius 1 is 0.900 bits per heavy atom. The first-order valence-electron chi connectivity index (χ1n) is 13.5.